The van der Waals surface area contributed by atoms with Crippen molar-refractivity contribution in [2.24, 2.45) is 0 Å². The second kappa shape index (κ2) is 6.01. The maximum atomic E-state index is 2.20. The molecule has 0 heterocycles. The molecule has 2 heteroatoms. The molecule has 0 N–H and O–H groups in total. The summed E-state index contributed by atoms with van der Waals surface area (Å²) in [5.41, 5.74) is 1.40. The predicted molar refractivity (Wildman–Crippen MR) is 54.9 cm³/mol. The summed E-state index contributed by atoms with van der Waals surface area (Å²) in [4.78, 5) is 0. The van der Waals surface area contributed by atoms with Gasteiger partial charge in [-0.2, -0.15) is 0 Å². The topological polar surface area (TPSA) is 0 Å². The highest BCUT2D eigenvalue weighted by molar-refractivity contribution is 5.13. The second-order valence-corrected chi connectivity index (χ2v) is 3.93. The zero-order valence-electron chi connectivity index (χ0n) is 7.92. The fraction of sp³-hybridized carbons (Fsp3) is 0.455. The molecule has 1 aromatic carbocycles. The van der Waals surface area contributed by atoms with Gasteiger partial charge in [-0.1, -0.05) is 37.8 Å². The lowest BCUT2D eigenvalue weighted by Crippen LogP contribution is -3.00. The molecule has 0 atom stereocenters. The summed E-state index contributed by atoms with van der Waals surface area (Å²) in [6, 6.07) is 10.6. The van der Waals surface area contributed by atoms with Gasteiger partial charge in [0.05, 0.1) is 21.1 Å². The molecule has 0 aliphatic carbocycles. The Hall–Kier alpha value is -0.530. The summed E-state index contributed by atoms with van der Waals surface area (Å²) in [7, 11) is 6.60. The molecule has 0 saturated heterocycles. The van der Waals surface area contributed by atoms with E-state index in [1.165, 1.54) is 5.56 Å². The van der Waals surface area contributed by atoms with Gasteiger partial charge in [-0.3, -0.25) is 0 Å². The molecule has 0 spiro atoms. The lowest BCUT2D eigenvalue weighted by atomic mass is 10.2. The average Bonchev–Trinajstić information content (AvgIpc) is 1.85. The van der Waals surface area contributed by atoms with Crippen molar-refractivity contribution in [3.63, 3.8) is 0 Å². The van der Waals surface area contributed by atoms with Crippen LogP contribution in [0.2, 0.25) is 0 Å². The molecule has 0 fully saturated rings. The first-order valence-electron chi connectivity index (χ1n) is 3.92. The number of hydrogen-bond donors (Lipinski definition) is 0. The molecular formula is C11H20ClN. The van der Waals surface area contributed by atoms with Crippen LogP contribution >= 0.6 is 0 Å². The summed E-state index contributed by atoms with van der Waals surface area (Å²) in [5, 5.41) is 0. The van der Waals surface area contributed by atoms with Gasteiger partial charge < -0.3 is 16.9 Å². The van der Waals surface area contributed by atoms with E-state index < -0.39 is 0 Å². The van der Waals surface area contributed by atoms with Gasteiger partial charge in [-0.05, 0) is 0 Å². The molecule has 1 nitrogen and oxygen atoms in total. The third-order valence-corrected chi connectivity index (χ3v) is 1.50. The first-order valence-corrected chi connectivity index (χ1v) is 3.92. The first kappa shape index (κ1) is 15.0. The van der Waals surface area contributed by atoms with Crippen molar-refractivity contribution in [1.82, 2.24) is 0 Å². The van der Waals surface area contributed by atoms with Crippen LogP contribution in [0.1, 0.15) is 13.0 Å². The van der Waals surface area contributed by atoms with Gasteiger partial charge in [-0.15, -0.1) is 0 Å². The van der Waals surface area contributed by atoms with Crippen LogP contribution in [0.25, 0.3) is 0 Å². The largest absolute Gasteiger partial charge is 1.00 e. The SMILES string of the molecule is C.C[N+](C)(C)Cc1ccccc1.[Cl-]. The Kier molecular flexibility index (Phi) is 6.91. The molecular weight excluding hydrogens is 182 g/mol. The number of halogens is 1. The Morgan fingerprint density at radius 2 is 1.46 bits per heavy atom. The van der Waals surface area contributed by atoms with Crippen LogP contribution in [0.5, 0.6) is 0 Å². The number of hydrogen-bond acceptors (Lipinski definition) is 0. The standard InChI is InChI=1S/C10H16N.CH4.ClH/c1-11(2,3)9-10-7-5-4-6-8-10;;/h4-8H,9H2,1-3H3;1H4;1H/q+1;;/p-1. The zero-order valence-corrected chi connectivity index (χ0v) is 8.67. The van der Waals surface area contributed by atoms with Crippen molar-refractivity contribution in [2.75, 3.05) is 21.1 Å². The predicted octanol–water partition coefficient (Wildman–Crippen LogP) is -0.467. The quantitative estimate of drug-likeness (QED) is 0.568. The fourth-order valence-corrected chi connectivity index (χ4v) is 1.13. The molecule has 0 aliphatic rings. The maximum absolute atomic E-state index is 2.20. The monoisotopic (exact) mass is 201 g/mol. The van der Waals surface area contributed by atoms with E-state index in [1.54, 1.807) is 0 Å². The van der Waals surface area contributed by atoms with Crippen LogP contribution in [-0.4, -0.2) is 25.6 Å². The van der Waals surface area contributed by atoms with Crippen LogP contribution < -0.4 is 12.4 Å². The van der Waals surface area contributed by atoms with Gasteiger partial charge in [-0.25, -0.2) is 0 Å². The van der Waals surface area contributed by atoms with Gasteiger partial charge in [0.1, 0.15) is 6.54 Å². The average molecular weight is 202 g/mol. The molecule has 1 aromatic rings. The van der Waals surface area contributed by atoms with Crippen LogP contribution in [0.3, 0.4) is 0 Å². The van der Waals surface area contributed by atoms with Crippen LogP contribution in [0, 0.1) is 0 Å². The van der Waals surface area contributed by atoms with Gasteiger partial charge in [0.25, 0.3) is 0 Å². The molecule has 1 rings (SSSR count). The smallest absolute Gasteiger partial charge is 0.104 e. The van der Waals surface area contributed by atoms with Gasteiger partial charge >= 0.3 is 0 Å². The maximum Gasteiger partial charge on any atom is 0.104 e. The Morgan fingerprint density at radius 1 is 1.00 bits per heavy atom. The van der Waals surface area contributed by atoms with E-state index in [1.807, 2.05) is 0 Å². The van der Waals surface area contributed by atoms with Crippen LogP contribution in [-0.2, 0) is 6.54 Å². The highest BCUT2D eigenvalue weighted by Crippen LogP contribution is 2.04. The molecule has 76 valence electrons. The molecule has 0 aromatic heterocycles. The van der Waals surface area contributed by atoms with Crippen molar-refractivity contribution in [2.45, 2.75) is 14.0 Å². The zero-order chi connectivity index (χ0) is 8.32. The Morgan fingerprint density at radius 3 is 1.85 bits per heavy atom. The highest BCUT2D eigenvalue weighted by atomic mass is 35.5. The third kappa shape index (κ3) is 6.62. The molecule has 0 aliphatic heterocycles. The van der Waals surface area contributed by atoms with Crippen molar-refractivity contribution in [1.29, 1.82) is 0 Å². The van der Waals surface area contributed by atoms with Crippen molar-refractivity contribution in [3.8, 4) is 0 Å². The molecule has 13 heavy (non-hydrogen) atoms. The van der Waals surface area contributed by atoms with Crippen LogP contribution in [0.4, 0.5) is 0 Å². The summed E-state index contributed by atoms with van der Waals surface area (Å²) in [6.45, 7) is 1.10. The summed E-state index contributed by atoms with van der Waals surface area (Å²) in [5.74, 6) is 0. The second-order valence-electron chi connectivity index (χ2n) is 3.93. The summed E-state index contributed by atoms with van der Waals surface area (Å²) >= 11 is 0. The van der Waals surface area contributed by atoms with E-state index >= 15 is 0 Å². The van der Waals surface area contributed by atoms with E-state index in [0.29, 0.717) is 0 Å². The molecule has 0 amide bonds. The van der Waals surface area contributed by atoms with Crippen molar-refractivity contribution < 1.29 is 16.9 Å². The molecule has 0 saturated carbocycles. The normalized spacial score (nSPS) is 9.77. The van der Waals surface area contributed by atoms with E-state index in [4.69, 9.17) is 0 Å². The summed E-state index contributed by atoms with van der Waals surface area (Å²) in [6.07, 6.45) is 0. The van der Waals surface area contributed by atoms with Crippen molar-refractivity contribution >= 4 is 0 Å². The first-order chi connectivity index (χ1) is 5.08. The lowest BCUT2D eigenvalue weighted by molar-refractivity contribution is -0.884. The van der Waals surface area contributed by atoms with E-state index in [2.05, 4.69) is 51.5 Å². The number of rotatable bonds is 2. The van der Waals surface area contributed by atoms with E-state index in [-0.39, 0.29) is 19.8 Å². The van der Waals surface area contributed by atoms with Crippen LogP contribution in [0.15, 0.2) is 30.3 Å². The minimum absolute atomic E-state index is 0. The van der Waals surface area contributed by atoms with E-state index in [9.17, 15) is 0 Å². The van der Waals surface area contributed by atoms with Gasteiger partial charge in [0.15, 0.2) is 0 Å². The van der Waals surface area contributed by atoms with Gasteiger partial charge in [0, 0.05) is 5.56 Å². The lowest BCUT2D eigenvalue weighted by Gasteiger charge is -2.23. The van der Waals surface area contributed by atoms with Crippen molar-refractivity contribution in [3.05, 3.63) is 35.9 Å². The molecule has 0 bridgehead atoms. The number of nitrogens with zero attached hydrogens (tertiary/aromatic N) is 1. The Bertz CT molecular complexity index is 213. The molecule has 0 radical (unpaired) electrons. The number of quaternary nitrogens is 1. The minimum Gasteiger partial charge on any atom is -1.00 e. The molecule has 0 unspecified atom stereocenters. The highest BCUT2D eigenvalue weighted by Gasteiger charge is 2.06. The third-order valence-electron chi connectivity index (χ3n) is 1.50. The Balaban J connectivity index is 0. The minimum atomic E-state index is 0. The summed E-state index contributed by atoms with van der Waals surface area (Å²) < 4.78 is 0.990. The number of benzene rings is 1. The Labute approximate surface area is 88.4 Å². The van der Waals surface area contributed by atoms with Gasteiger partial charge in [0.2, 0.25) is 0 Å². The fourth-order valence-electron chi connectivity index (χ4n) is 1.13. The van der Waals surface area contributed by atoms with E-state index in [0.717, 1.165) is 11.0 Å².